The molecule has 1 aromatic heterocycles. The zero-order chi connectivity index (χ0) is 17.9. The molecule has 7 nitrogen and oxygen atoms in total. The molecule has 1 atom stereocenters. The van der Waals surface area contributed by atoms with Crippen LogP contribution in [0.5, 0.6) is 0 Å². The Morgan fingerprint density at radius 2 is 2.08 bits per heavy atom. The Bertz CT molecular complexity index is 609. The van der Waals surface area contributed by atoms with Gasteiger partial charge in [0.2, 0.25) is 5.91 Å². The summed E-state index contributed by atoms with van der Waals surface area (Å²) in [7, 11) is 0. The highest BCUT2D eigenvalue weighted by Gasteiger charge is 2.32. The number of carbonyl (C=O) groups is 2. The van der Waals surface area contributed by atoms with E-state index in [1.54, 1.807) is 0 Å². The summed E-state index contributed by atoms with van der Waals surface area (Å²) in [5.41, 5.74) is 3.12. The number of ether oxygens (including phenoxy) is 1. The third-order valence-corrected chi connectivity index (χ3v) is 4.39. The minimum absolute atomic E-state index is 0.0610. The van der Waals surface area contributed by atoms with Gasteiger partial charge in [-0.15, -0.1) is 0 Å². The molecule has 0 spiro atoms. The van der Waals surface area contributed by atoms with Crippen LogP contribution in [0, 0.1) is 19.8 Å². The maximum absolute atomic E-state index is 12.5. The van der Waals surface area contributed by atoms with Crippen LogP contribution in [0.2, 0.25) is 0 Å². The van der Waals surface area contributed by atoms with Crippen molar-refractivity contribution in [3.63, 3.8) is 0 Å². The Kier molecular flexibility index (Phi) is 5.99. The molecule has 1 aliphatic rings. The fraction of sp³-hybridized carbons (Fsp3) is 0.706. The molecule has 0 saturated carbocycles. The molecule has 2 heterocycles. The Morgan fingerprint density at radius 1 is 1.38 bits per heavy atom. The predicted molar refractivity (Wildman–Crippen MR) is 88.8 cm³/mol. The number of aromatic nitrogens is 2. The summed E-state index contributed by atoms with van der Waals surface area (Å²) in [6, 6.07) is -0.878. The monoisotopic (exact) mass is 337 g/mol. The second kappa shape index (κ2) is 7.79. The number of aliphatic carboxylic acids is 1. The molecule has 0 aliphatic carbocycles. The molecule has 0 bridgehead atoms. The second-order valence-corrected chi connectivity index (χ2v) is 6.74. The lowest BCUT2D eigenvalue weighted by Gasteiger charge is -2.32. The van der Waals surface area contributed by atoms with E-state index in [4.69, 9.17) is 4.74 Å². The number of aryl methyl sites for hydroxylation is 1. The van der Waals surface area contributed by atoms with E-state index in [1.807, 2.05) is 18.5 Å². The predicted octanol–water partition coefficient (Wildman–Crippen LogP) is 1.40. The van der Waals surface area contributed by atoms with Crippen molar-refractivity contribution in [1.29, 1.82) is 0 Å². The molecule has 0 radical (unpaired) electrons. The van der Waals surface area contributed by atoms with Crippen molar-refractivity contribution in [2.75, 3.05) is 19.8 Å². The molecule has 0 unspecified atom stereocenters. The van der Waals surface area contributed by atoms with Gasteiger partial charge in [0.25, 0.3) is 0 Å². The summed E-state index contributed by atoms with van der Waals surface area (Å²) < 4.78 is 7.17. The second-order valence-electron chi connectivity index (χ2n) is 6.74. The van der Waals surface area contributed by atoms with Crippen LogP contribution >= 0.6 is 0 Å². The van der Waals surface area contributed by atoms with Crippen LogP contribution in [0.4, 0.5) is 0 Å². The van der Waals surface area contributed by atoms with Crippen LogP contribution in [-0.2, 0) is 27.3 Å². The Labute approximate surface area is 142 Å². The molecule has 1 saturated heterocycles. The lowest BCUT2D eigenvalue weighted by molar-refractivity contribution is -0.158. The average Bonchev–Trinajstić information content (AvgIpc) is 2.78. The van der Waals surface area contributed by atoms with E-state index in [2.05, 4.69) is 18.9 Å². The zero-order valence-electron chi connectivity index (χ0n) is 14.9. The molecular formula is C17H27N3O4. The maximum atomic E-state index is 12.5. The van der Waals surface area contributed by atoms with Gasteiger partial charge in [-0.2, -0.15) is 5.10 Å². The third kappa shape index (κ3) is 4.14. The van der Waals surface area contributed by atoms with E-state index in [9.17, 15) is 14.7 Å². The Hall–Kier alpha value is -1.89. The average molecular weight is 337 g/mol. The SMILES string of the molecule is Cc1nn(CC(C)C)c(C)c1CCC(=O)N1CCOC[C@H]1C(=O)O. The number of amides is 1. The maximum Gasteiger partial charge on any atom is 0.328 e. The first-order valence-corrected chi connectivity index (χ1v) is 8.44. The lowest BCUT2D eigenvalue weighted by atomic mass is 10.1. The van der Waals surface area contributed by atoms with Crippen LogP contribution in [0.15, 0.2) is 0 Å². The topological polar surface area (TPSA) is 84.7 Å². The highest BCUT2D eigenvalue weighted by Crippen LogP contribution is 2.18. The molecule has 1 fully saturated rings. The van der Waals surface area contributed by atoms with Gasteiger partial charge in [0.05, 0.1) is 18.9 Å². The molecule has 1 N–H and O–H groups in total. The summed E-state index contributed by atoms with van der Waals surface area (Å²) >= 11 is 0. The van der Waals surface area contributed by atoms with E-state index in [0.29, 0.717) is 31.9 Å². The van der Waals surface area contributed by atoms with Gasteiger partial charge in [0.1, 0.15) is 0 Å². The van der Waals surface area contributed by atoms with Crippen molar-refractivity contribution in [2.24, 2.45) is 5.92 Å². The van der Waals surface area contributed by atoms with Crippen molar-refractivity contribution in [2.45, 2.75) is 53.1 Å². The van der Waals surface area contributed by atoms with E-state index in [0.717, 1.165) is 23.5 Å². The van der Waals surface area contributed by atoms with Crippen LogP contribution in [0.25, 0.3) is 0 Å². The molecule has 0 aromatic carbocycles. The van der Waals surface area contributed by atoms with Crippen LogP contribution in [0.3, 0.4) is 0 Å². The van der Waals surface area contributed by atoms with Crippen molar-refractivity contribution < 1.29 is 19.4 Å². The smallest absolute Gasteiger partial charge is 0.328 e. The Balaban J connectivity index is 2.03. The summed E-state index contributed by atoms with van der Waals surface area (Å²) in [4.78, 5) is 25.2. The van der Waals surface area contributed by atoms with Crippen LogP contribution in [-0.4, -0.2) is 57.5 Å². The van der Waals surface area contributed by atoms with Gasteiger partial charge in [-0.3, -0.25) is 9.48 Å². The number of hydrogen-bond acceptors (Lipinski definition) is 4. The van der Waals surface area contributed by atoms with Crippen molar-refractivity contribution in [3.8, 4) is 0 Å². The quantitative estimate of drug-likeness (QED) is 0.848. The molecule has 1 aliphatic heterocycles. The fourth-order valence-corrected chi connectivity index (χ4v) is 3.10. The first-order chi connectivity index (χ1) is 11.3. The number of carbonyl (C=O) groups excluding carboxylic acids is 1. The van der Waals surface area contributed by atoms with E-state index >= 15 is 0 Å². The van der Waals surface area contributed by atoms with Gasteiger partial charge in [0.15, 0.2) is 6.04 Å². The highest BCUT2D eigenvalue weighted by atomic mass is 16.5. The number of carboxylic acid groups (broad SMARTS) is 1. The van der Waals surface area contributed by atoms with E-state index in [-0.39, 0.29) is 12.5 Å². The molecule has 24 heavy (non-hydrogen) atoms. The largest absolute Gasteiger partial charge is 0.480 e. The van der Waals surface area contributed by atoms with Crippen molar-refractivity contribution >= 4 is 11.9 Å². The van der Waals surface area contributed by atoms with Crippen LogP contribution < -0.4 is 0 Å². The first-order valence-electron chi connectivity index (χ1n) is 8.44. The third-order valence-electron chi connectivity index (χ3n) is 4.39. The number of carboxylic acids is 1. The fourth-order valence-electron chi connectivity index (χ4n) is 3.10. The molecule has 7 heteroatoms. The molecule has 1 aromatic rings. The zero-order valence-corrected chi connectivity index (χ0v) is 14.9. The highest BCUT2D eigenvalue weighted by molar-refractivity contribution is 5.84. The summed E-state index contributed by atoms with van der Waals surface area (Å²) in [6.07, 6.45) is 0.872. The van der Waals surface area contributed by atoms with Crippen LogP contribution in [0.1, 0.15) is 37.2 Å². The number of nitrogens with zero attached hydrogens (tertiary/aromatic N) is 3. The van der Waals surface area contributed by atoms with Gasteiger partial charge >= 0.3 is 5.97 Å². The van der Waals surface area contributed by atoms with E-state index < -0.39 is 12.0 Å². The lowest BCUT2D eigenvalue weighted by Crippen LogP contribution is -2.52. The van der Waals surface area contributed by atoms with Gasteiger partial charge in [-0.25, -0.2) is 4.79 Å². The normalized spacial score (nSPS) is 18.2. The van der Waals surface area contributed by atoms with Gasteiger partial charge < -0.3 is 14.7 Å². The standard InChI is InChI=1S/C17H27N3O4/c1-11(2)9-20-13(4)14(12(3)18-20)5-6-16(21)19-7-8-24-10-15(19)17(22)23/h11,15H,5-10H2,1-4H3,(H,22,23)/t15-/m0/s1. The number of rotatable bonds is 6. The Morgan fingerprint density at radius 3 is 2.71 bits per heavy atom. The van der Waals surface area contributed by atoms with E-state index in [1.165, 1.54) is 4.90 Å². The minimum atomic E-state index is -1.01. The van der Waals surface area contributed by atoms with Gasteiger partial charge in [-0.1, -0.05) is 13.8 Å². The van der Waals surface area contributed by atoms with Gasteiger partial charge in [0, 0.05) is 25.2 Å². The molecule has 1 amide bonds. The minimum Gasteiger partial charge on any atom is -0.480 e. The summed E-state index contributed by atoms with van der Waals surface area (Å²) in [5, 5.41) is 13.8. The molecular weight excluding hydrogens is 310 g/mol. The van der Waals surface area contributed by atoms with Gasteiger partial charge in [-0.05, 0) is 31.7 Å². The number of hydrogen-bond donors (Lipinski definition) is 1. The first kappa shape index (κ1) is 18.4. The molecule has 134 valence electrons. The van der Waals surface area contributed by atoms with Crippen molar-refractivity contribution in [3.05, 3.63) is 17.0 Å². The molecule has 2 rings (SSSR count). The summed E-state index contributed by atoms with van der Waals surface area (Å²) in [5.74, 6) is -0.650. The van der Waals surface area contributed by atoms with Crippen molar-refractivity contribution in [1.82, 2.24) is 14.7 Å². The summed E-state index contributed by atoms with van der Waals surface area (Å²) in [6.45, 7) is 9.90. The number of morpholine rings is 1.